The molecule has 1 unspecified atom stereocenters. The van der Waals surface area contributed by atoms with E-state index in [1.165, 1.54) is 11.1 Å². The number of hydrogen-bond donors (Lipinski definition) is 0. The molecule has 1 aromatic rings. The van der Waals surface area contributed by atoms with Crippen LogP contribution in [-0.4, -0.2) is 0 Å². The molecule has 0 N–H and O–H groups in total. The molecule has 0 amide bonds. The fourth-order valence-corrected chi connectivity index (χ4v) is 1.30. The van der Waals surface area contributed by atoms with E-state index in [0.717, 1.165) is 12.6 Å². The van der Waals surface area contributed by atoms with Crippen molar-refractivity contribution in [2.75, 3.05) is 0 Å². The lowest BCUT2D eigenvalue weighted by molar-refractivity contribution is 1.25. The predicted molar refractivity (Wildman–Crippen MR) is 53.8 cm³/mol. The maximum absolute atomic E-state index is 3.71. The van der Waals surface area contributed by atoms with Gasteiger partial charge < -0.3 is 0 Å². The fraction of sp³-hybridized carbons (Fsp3) is 0.200. The molecular formula is C10H13P. The Labute approximate surface area is 70.5 Å². The van der Waals surface area contributed by atoms with Crippen LogP contribution in [0.15, 0.2) is 36.9 Å². The van der Waals surface area contributed by atoms with E-state index < -0.39 is 0 Å². The Balaban J connectivity index is 2.82. The largest absolute Gasteiger partial charge is 0.133 e. The second kappa shape index (κ2) is 4.31. The molecule has 1 heteroatoms. The Morgan fingerprint density at radius 1 is 1.36 bits per heavy atom. The average Bonchev–Trinajstić information content (AvgIpc) is 2.06. The van der Waals surface area contributed by atoms with Crippen molar-refractivity contribution in [3.8, 4) is 0 Å². The molecule has 0 bridgehead atoms. The number of benzene rings is 1. The standard InChI is InChI=1S/C10H13P/c1-2-4-9-5-3-6-10(7-9)8-11/h2-3,5-7H,1,4,8,11H2. The SMILES string of the molecule is C=CCc1cccc(CP)c1. The maximum Gasteiger partial charge on any atom is -0.0100 e. The van der Waals surface area contributed by atoms with E-state index in [1.54, 1.807) is 0 Å². The topological polar surface area (TPSA) is 0 Å². The highest BCUT2D eigenvalue weighted by Gasteiger charge is 1.90. The first-order valence-electron chi connectivity index (χ1n) is 3.75. The van der Waals surface area contributed by atoms with Gasteiger partial charge in [-0.2, -0.15) is 0 Å². The lowest BCUT2D eigenvalue weighted by atomic mass is 10.1. The van der Waals surface area contributed by atoms with Crippen LogP contribution in [0.2, 0.25) is 0 Å². The predicted octanol–water partition coefficient (Wildman–Crippen LogP) is 2.79. The van der Waals surface area contributed by atoms with Gasteiger partial charge in [-0.25, -0.2) is 0 Å². The van der Waals surface area contributed by atoms with Crippen LogP contribution in [-0.2, 0) is 12.6 Å². The number of rotatable bonds is 3. The minimum atomic E-state index is 0.971. The molecule has 0 spiro atoms. The molecule has 1 atom stereocenters. The summed E-state index contributed by atoms with van der Waals surface area (Å²) in [5, 5.41) is 0. The molecule has 58 valence electrons. The third-order valence-electron chi connectivity index (χ3n) is 1.61. The van der Waals surface area contributed by atoms with E-state index in [2.05, 4.69) is 40.1 Å². The van der Waals surface area contributed by atoms with Crippen LogP contribution in [0.5, 0.6) is 0 Å². The molecule has 0 aliphatic heterocycles. The van der Waals surface area contributed by atoms with Crippen molar-refractivity contribution in [1.82, 2.24) is 0 Å². The first-order valence-corrected chi connectivity index (χ1v) is 4.57. The number of hydrogen-bond acceptors (Lipinski definition) is 0. The second-order valence-electron chi connectivity index (χ2n) is 2.52. The zero-order valence-electron chi connectivity index (χ0n) is 6.59. The van der Waals surface area contributed by atoms with Crippen LogP contribution in [0.1, 0.15) is 11.1 Å². The molecule has 0 saturated heterocycles. The summed E-state index contributed by atoms with van der Waals surface area (Å²) in [6.45, 7) is 3.71. The minimum Gasteiger partial charge on any atom is -0.133 e. The highest BCUT2D eigenvalue weighted by atomic mass is 31.0. The van der Waals surface area contributed by atoms with E-state index in [-0.39, 0.29) is 0 Å². The second-order valence-corrected chi connectivity index (χ2v) is 2.93. The van der Waals surface area contributed by atoms with Gasteiger partial charge in [0.15, 0.2) is 0 Å². The molecule has 0 aromatic heterocycles. The molecule has 0 aliphatic rings. The molecular weight excluding hydrogens is 151 g/mol. The van der Waals surface area contributed by atoms with Crippen molar-refractivity contribution < 1.29 is 0 Å². The van der Waals surface area contributed by atoms with Crippen LogP contribution in [0.25, 0.3) is 0 Å². The van der Waals surface area contributed by atoms with E-state index in [4.69, 9.17) is 0 Å². The zero-order valence-corrected chi connectivity index (χ0v) is 7.74. The van der Waals surface area contributed by atoms with Crippen LogP contribution in [0, 0.1) is 0 Å². The van der Waals surface area contributed by atoms with Crippen LogP contribution >= 0.6 is 9.24 Å². The van der Waals surface area contributed by atoms with Gasteiger partial charge in [0.25, 0.3) is 0 Å². The Hall–Kier alpha value is -0.610. The van der Waals surface area contributed by atoms with Crippen LogP contribution in [0.3, 0.4) is 0 Å². The molecule has 0 aliphatic carbocycles. The van der Waals surface area contributed by atoms with Gasteiger partial charge >= 0.3 is 0 Å². The van der Waals surface area contributed by atoms with E-state index in [1.807, 2.05) is 6.08 Å². The lowest BCUT2D eigenvalue weighted by Gasteiger charge is -1.99. The lowest BCUT2D eigenvalue weighted by Crippen LogP contribution is -1.82. The molecule has 0 fully saturated rings. The summed E-state index contributed by atoms with van der Waals surface area (Å²) in [5.74, 6) is 0. The van der Waals surface area contributed by atoms with Gasteiger partial charge in [0, 0.05) is 0 Å². The highest BCUT2D eigenvalue weighted by molar-refractivity contribution is 7.15. The fourth-order valence-electron chi connectivity index (χ4n) is 1.05. The first kappa shape index (κ1) is 8.49. The third kappa shape index (κ3) is 2.48. The molecule has 0 heterocycles. The highest BCUT2D eigenvalue weighted by Crippen LogP contribution is 2.09. The maximum atomic E-state index is 3.71. The van der Waals surface area contributed by atoms with Crippen molar-refractivity contribution in [3.63, 3.8) is 0 Å². The van der Waals surface area contributed by atoms with Gasteiger partial charge in [0.1, 0.15) is 0 Å². The molecule has 1 rings (SSSR count). The van der Waals surface area contributed by atoms with Crippen LogP contribution < -0.4 is 0 Å². The van der Waals surface area contributed by atoms with Gasteiger partial charge in [-0.05, 0) is 23.7 Å². The quantitative estimate of drug-likeness (QED) is 0.476. The smallest absolute Gasteiger partial charge is 0.0100 e. The minimum absolute atomic E-state index is 0.971. The summed E-state index contributed by atoms with van der Waals surface area (Å²) >= 11 is 0. The summed E-state index contributed by atoms with van der Waals surface area (Å²) in [6.07, 6.45) is 3.94. The van der Waals surface area contributed by atoms with Gasteiger partial charge in [-0.1, -0.05) is 30.3 Å². The summed E-state index contributed by atoms with van der Waals surface area (Å²) in [4.78, 5) is 0. The van der Waals surface area contributed by atoms with E-state index >= 15 is 0 Å². The summed E-state index contributed by atoms with van der Waals surface area (Å²) in [5.41, 5.74) is 2.72. The Morgan fingerprint density at radius 2 is 2.09 bits per heavy atom. The molecule has 1 aromatic carbocycles. The number of allylic oxidation sites excluding steroid dienone is 1. The first-order chi connectivity index (χ1) is 5.36. The van der Waals surface area contributed by atoms with Crippen molar-refractivity contribution >= 4 is 9.24 Å². The Kier molecular flexibility index (Phi) is 3.32. The summed E-state index contributed by atoms with van der Waals surface area (Å²) in [6, 6.07) is 8.58. The Bertz CT molecular complexity index is 240. The average molecular weight is 164 g/mol. The summed E-state index contributed by atoms with van der Waals surface area (Å²) in [7, 11) is 2.73. The van der Waals surface area contributed by atoms with Crippen molar-refractivity contribution in [2.24, 2.45) is 0 Å². The molecule has 0 radical (unpaired) electrons. The van der Waals surface area contributed by atoms with Gasteiger partial charge in [-0.3, -0.25) is 0 Å². The van der Waals surface area contributed by atoms with E-state index in [0.29, 0.717) is 0 Å². The van der Waals surface area contributed by atoms with Gasteiger partial charge in [-0.15, -0.1) is 15.8 Å². The van der Waals surface area contributed by atoms with Crippen LogP contribution in [0.4, 0.5) is 0 Å². The van der Waals surface area contributed by atoms with Crippen molar-refractivity contribution in [1.29, 1.82) is 0 Å². The monoisotopic (exact) mass is 164 g/mol. The van der Waals surface area contributed by atoms with Crippen molar-refractivity contribution in [3.05, 3.63) is 48.0 Å². The molecule has 0 nitrogen and oxygen atoms in total. The molecule has 11 heavy (non-hydrogen) atoms. The van der Waals surface area contributed by atoms with Gasteiger partial charge in [0.05, 0.1) is 0 Å². The third-order valence-corrected chi connectivity index (χ3v) is 2.08. The van der Waals surface area contributed by atoms with Crippen molar-refractivity contribution in [2.45, 2.75) is 12.6 Å². The molecule has 0 saturated carbocycles. The zero-order chi connectivity index (χ0) is 8.10. The van der Waals surface area contributed by atoms with Gasteiger partial charge in [0.2, 0.25) is 0 Å². The summed E-state index contributed by atoms with van der Waals surface area (Å²) < 4.78 is 0. The Morgan fingerprint density at radius 3 is 2.73 bits per heavy atom. The normalized spacial score (nSPS) is 9.55. The van der Waals surface area contributed by atoms with E-state index in [9.17, 15) is 0 Å².